The van der Waals surface area contributed by atoms with Crippen molar-refractivity contribution in [2.24, 2.45) is 5.10 Å². The number of carbonyl (C=O) groups excluding carboxylic acids is 1. The second-order valence-corrected chi connectivity index (χ2v) is 7.10. The third kappa shape index (κ3) is 4.35. The summed E-state index contributed by atoms with van der Waals surface area (Å²) in [7, 11) is 0. The van der Waals surface area contributed by atoms with Gasteiger partial charge in [0.2, 0.25) is 0 Å². The summed E-state index contributed by atoms with van der Waals surface area (Å²) >= 11 is 0. The molecule has 0 radical (unpaired) electrons. The number of nitrogen functional groups attached to an aromatic ring is 1. The molecule has 1 heterocycles. The largest absolute Gasteiger partial charge is 0.399 e. The Kier molecular flexibility index (Phi) is 5.57. The highest BCUT2D eigenvalue weighted by Crippen LogP contribution is 2.14. The normalized spacial score (nSPS) is 11.5. The van der Waals surface area contributed by atoms with E-state index in [4.69, 9.17) is 5.73 Å². The molecule has 0 aliphatic rings. The van der Waals surface area contributed by atoms with Crippen LogP contribution in [0.2, 0.25) is 0 Å². The fraction of sp³-hybridized carbons (Fsp3) is 0.0833. The number of nitrogens with two attached hydrogens (primary N) is 1. The van der Waals surface area contributed by atoms with Crippen LogP contribution in [-0.2, 0) is 6.54 Å². The predicted octanol–water partition coefficient (Wildman–Crippen LogP) is 3.18. The van der Waals surface area contributed by atoms with Crippen LogP contribution in [0.1, 0.15) is 28.5 Å². The average molecular weight is 411 g/mol. The van der Waals surface area contributed by atoms with Crippen LogP contribution < -0.4 is 16.7 Å². The topological polar surface area (TPSA) is 102 Å². The highest BCUT2D eigenvalue weighted by molar-refractivity contribution is 6.06. The van der Waals surface area contributed by atoms with Crippen LogP contribution >= 0.6 is 0 Å². The summed E-state index contributed by atoms with van der Waals surface area (Å²) < 4.78 is 1.31. The van der Waals surface area contributed by atoms with Crippen LogP contribution in [0, 0.1) is 0 Å². The molecule has 1 aromatic heterocycles. The molecule has 0 aliphatic heterocycles. The van der Waals surface area contributed by atoms with Crippen LogP contribution in [-0.4, -0.2) is 21.4 Å². The van der Waals surface area contributed by atoms with Gasteiger partial charge < -0.3 is 5.73 Å². The van der Waals surface area contributed by atoms with Crippen LogP contribution in [0.3, 0.4) is 0 Å². The van der Waals surface area contributed by atoms with E-state index in [1.807, 2.05) is 42.5 Å². The molecule has 3 N–H and O–H groups in total. The zero-order valence-corrected chi connectivity index (χ0v) is 16.9. The Balaban J connectivity index is 1.69. The lowest BCUT2D eigenvalue weighted by atomic mass is 10.1. The minimum Gasteiger partial charge on any atom is -0.399 e. The van der Waals surface area contributed by atoms with E-state index in [9.17, 15) is 9.59 Å². The van der Waals surface area contributed by atoms with Crippen LogP contribution in [0.25, 0.3) is 10.8 Å². The Labute approximate surface area is 178 Å². The summed E-state index contributed by atoms with van der Waals surface area (Å²) in [4.78, 5) is 25.9. The summed E-state index contributed by atoms with van der Waals surface area (Å²) in [6.45, 7) is 2.05. The molecule has 1 amide bonds. The summed E-state index contributed by atoms with van der Waals surface area (Å²) in [5.41, 5.74) is 11.2. The van der Waals surface area contributed by atoms with Crippen molar-refractivity contribution in [3.8, 4) is 0 Å². The molecule has 4 rings (SSSR count). The van der Waals surface area contributed by atoms with E-state index < -0.39 is 5.91 Å². The van der Waals surface area contributed by atoms with Crippen molar-refractivity contribution in [1.29, 1.82) is 0 Å². The maximum absolute atomic E-state index is 12.9. The van der Waals surface area contributed by atoms with Gasteiger partial charge in [0.1, 0.15) is 0 Å². The first-order valence-electron chi connectivity index (χ1n) is 9.77. The van der Waals surface area contributed by atoms with Gasteiger partial charge in [-0.3, -0.25) is 9.59 Å². The number of amides is 1. The number of nitrogens with zero attached hydrogens (tertiary/aromatic N) is 3. The first-order valence-corrected chi connectivity index (χ1v) is 9.77. The van der Waals surface area contributed by atoms with E-state index in [1.165, 1.54) is 4.68 Å². The van der Waals surface area contributed by atoms with Crippen molar-refractivity contribution in [3.05, 3.63) is 106 Å². The van der Waals surface area contributed by atoms with Crippen LogP contribution in [0.15, 0.2) is 88.8 Å². The number of benzene rings is 3. The Bertz CT molecular complexity index is 1330. The van der Waals surface area contributed by atoms with E-state index in [2.05, 4.69) is 15.6 Å². The van der Waals surface area contributed by atoms with Gasteiger partial charge in [-0.15, -0.1) is 0 Å². The van der Waals surface area contributed by atoms with Gasteiger partial charge in [-0.05, 0) is 36.2 Å². The maximum atomic E-state index is 12.9. The average Bonchev–Trinajstić information content (AvgIpc) is 2.80. The minimum atomic E-state index is -0.493. The monoisotopic (exact) mass is 411 g/mol. The van der Waals surface area contributed by atoms with E-state index in [0.29, 0.717) is 22.2 Å². The number of anilines is 1. The fourth-order valence-corrected chi connectivity index (χ4v) is 3.24. The number of carbonyl (C=O) groups is 1. The molecule has 3 aromatic carbocycles. The Morgan fingerprint density at radius 3 is 2.32 bits per heavy atom. The van der Waals surface area contributed by atoms with Gasteiger partial charge in [-0.1, -0.05) is 60.7 Å². The molecule has 0 fully saturated rings. The molecule has 0 atom stereocenters. The highest BCUT2D eigenvalue weighted by Gasteiger charge is 2.16. The highest BCUT2D eigenvalue weighted by atomic mass is 16.2. The Hall–Kier alpha value is -4.26. The van der Waals surface area contributed by atoms with Crippen molar-refractivity contribution in [2.75, 3.05) is 5.73 Å². The standard InChI is InChI=1S/C24H21N5O2/c1-16(18-11-13-19(25)14-12-18)26-27-23(30)22-20-9-5-6-10-21(20)24(31)29(28-22)15-17-7-3-2-4-8-17/h2-14H,15,25H2,1H3,(H,27,30)/b26-16-. The van der Waals surface area contributed by atoms with Crippen LogP contribution in [0.5, 0.6) is 0 Å². The maximum Gasteiger partial charge on any atom is 0.292 e. The Morgan fingerprint density at radius 1 is 0.968 bits per heavy atom. The summed E-state index contributed by atoms with van der Waals surface area (Å²) in [5.74, 6) is -0.493. The number of hydrogen-bond donors (Lipinski definition) is 2. The van der Waals surface area contributed by atoms with Crippen molar-refractivity contribution < 1.29 is 4.79 Å². The van der Waals surface area contributed by atoms with Gasteiger partial charge >= 0.3 is 0 Å². The van der Waals surface area contributed by atoms with Gasteiger partial charge in [0.25, 0.3) is 11.5 Å². The molecular weight excluding hydrogens is 390 g/mol. The minimum absolute atomic E-state index is 0.139. The molecule has 0 unspecified atom stereocenters. The molecule has 0 aliphatic carbocycles. The van der Waals surface area contributed by atoms with E-state index in [-0.39, 0.29) is 17.8 Å². The van der Waals surface area contributed by atoms with Crippen molar-refractivity contribution >= 4 is 28.1 Å². The number of fused-ring (bicyclic) bond motifs is 1. The first-order chi connectivity index (χ1) is 15.0. The summed E-state index contributed by atoms with van der Waals surface area (Å²) in [6.07, 6.45) is 0. The predicted molar refractivity (Wildman–Crippen MR) is 122 cm³/mol. The van der Waals surface area contributed by atoms with Crippen molar-refractivity contribution in [3.63, 3.8) is 0 Å². The zero-order valence-electron chi connectivity index (χ0n) is 16.9. The molecule has 0 spiro atoms. The molecular formula is C24H21N5O2. The second-order valence-electron chi connectivity index (χ2n) is 7.10. The quantitative estimate of drug-likeness (QED) is 0.299. The van der Waals surface area contributed by atoms with E-state index >= 15 is 0 Å². The lowest BCUT2D eigenvalue weighted by Gasteiger charge is -2.10. The molecule has 4 aromatic rings. The fourth-order valence-electron chi connectivity index (χ4n) is 3.24. The number of hydrazone groups is 1. The molecule has 0 saturated carbocycles. The SMILES string of the molecule is C/C(=N/NC(=O)c1nn(Cc2ccccc2)c(=O)c2ccccc12)c1ccc(N)cc1. The lowest BCUT2D eigenvalue weighted by molar-refractivity contribution is 0.0949. The third-order valence-electron chi connectivity index (χ3n) is 4.91. The van der Waals surface area contributed by atoms with Crippen molar-refractivity contribution in [1.82, 2.24) is 15.2 Å². The molecule has 31 heavy (non-hydrogen) atoms. The number of aromatic nitrogens is 2. The third-order valence-corrected chi connectivity index (χ3v) is 4.91. The van der Waals surface area contributed by atoms with E-state index in [1.54, 1.807) is 43.3 Å². The van der Waals surface area contributed by atoms with Gasteiger partial charge in [-0.2, -0.15) is 10.2 Å². The summed E-state index contributed by atoms with van der Waals surface area (Å²) in [6, 6.07) is 23.6. The van der Waals surface area contributed by atoms with Gasteiger partial charge in [0.15, 0.2) is 5.69 Å². The van der Waals surface area contributed by atoms with Gasteiger partial charge in [0, 0.05) is 11.1 Å². The molecule has 0 saturated heterocycles. The smallest absolute Gasteiger partial charge is 0.292 e. The van der Waals surface area contributed by atoms with Gasteiger partial charge in [-0.25, -0.2) is 10.1 Å². The molecule has 0 bridgehead atoms. The Morgan fingerprint density at radius 2 is 1.61 bits per heavy atom. The first kappa shape index (κ1) is 20.0. The molecule has 7 heteroatoms. The van der Waals surface area contributed by atoms with Crippen molar-refractivity contribution in [2.45, 2.75) is 13.5 Å². The van der Waals surface area contributed by atoms with Crippen LogP contribution in [0.4, 0.5) is 5.69 Å². The number of hydrogen-bond acceptors (Lipinski definition) is 5. The number of rotatable bonds is 5. The number of nitrogens with one attached hydrogen (secondary N) is 1. The molecule has 7 nitrogen and oxygen atoms in total. The molecule has 154 valence electrons. The lowest BCUT2D eigenvalue weighted by Crippen LogP contribution is -2.29. The second kappa shape index (κ2) is 8.62. The van der Waals surface area contributed by atoms with E-state index in [0.717, 1.165) is 11.1 Å². The summed E-state index contributed by atoms with van der Waals surface area (Å²) in [5, 5.41) is 9.47. The van der Waals surface area contributed by atoms with Gasteiger partial charge in [0.05, 0.1) is 17.6 Å². The zero-order chi connectivity index (χ0) is 21.8.